The number of aryl methyl sites for hydroxylation is 1. The number of pyridine rings is 1. The topological polar surface area (TPSA) is 33.4 Å². The average molecular weight is 407 g/mol. The monoisotopic (exact) mass is 406 g/mol. The lowest BCUT2D eigenvalue weighted by Crippen LogP contribution is -2.28. The molecule has 0 radical (unpaired) electrons. The van der Waals surface area contributed by atoms with Gasteiger partial charge in [-0.25, -0.2) is 4.39 Å². The van der Waals surface area contributed by atoms with Crippen molar-refractivity contribution in [2.45, 2.75) is 38.1 Å². The van der Waals surface area contributed by atoms with Gasteiger partial charge in [-0.05, 0) is 61.9 Å². The van der Waals surface area contributed by atoms with Gasteiger partial charge in [0.15, 0.2) is 5.17 Å². The fraction of sp³-hybridized carbons (Fsp3) is 0.304. The van der Waals surface area contributed by atoms with Crippen LogP contribution in [0.2, 0.25) is 0 Å². The highest BCUT2D eigenvalue weighted by atomic mass is 32.2. The number of aromatic nitrogens is 2. The summed E-state index contributed by atoms with van der Waals surface area (Å²) in [5.74, 6) is -0.219. The van der Waals surface area contributed by atoms with Crippen LogP contribution in [0.4, 0.5) is 4.39 Å². The minimum atomic E-state index is -0.219. The molecule has 4 nitrogen and oxygen atoms in total. The van der Waals surface area contributed by atoms with Crippen molar-refractivity contribution in [3.05, 3.63) is 83.2 Å². The molecule has 29 heavy (non-hydrogen) atoms. The van der Waals surface area contributed by atoms with Crippen LogP contribution >= 0.6 is 11.8 Å². The molecule has 0 aliphatic carbocycles. The molecule has 2 aromatic heterocycles. The summed E-state index contributed by atoms with van der Waals surface area (Å²) in [6.07, 6.45) is 1.84. The van der Waals surface area contributed by atoms with Gasteiger partial charge in [-0.15, -0.1) is 0 Å². The average Bonchev–Trinajstić information content (AvgIpc) is 3.33. The molecule has 1 aromatic carbocycles. The van der Waals surface area contributed by atoms with Gasteiger partial charge >= 0.3 is 0 Å². The molecule has 2 aliphatic rings. The summed E-state index contributed by atoms with van der Waals surface area (Å²) in [5, 5.41) is 1.64. The second kappa shape index (κ2) is 7.02. The normalized spacial score (nSPS) is 23.4. The largest absolute Gasteiger partial charge is 0.341 e. The molecular formula is C23H23FN4S. The Labute approximate surface area is 174 Å². The highest BCUT2D eigenvalue weighted by Gasteiger charge is 2.44. The number of nitrogens with zero attached hydrogens (tertiary/aromatic N) is 4. The maximum Gasteiger partial charge on any atom is 0.160 e. The number of fused-ring (bicyclic) bond motifs is 1. The molecule has 148 valence electrons. The third kappa shape index (κ3) is 3.06. The Balaban J connectivity index is 1.62. The molecule has 3 aromatic rings. The molecule has 5 rings (SSSR count). The minimum absolute atomic E-state index is 0.0200. The van der Waals surface area contributed by atoms with Crippen LogP contribution in [0.5, 0.6) is 0 Å². The molecule has 0 unspecified atom stereocenters. The van der Waals surface area contributed by atoms with E-state index in [1.165, 1.54) is 23.4 Å². The molecule has 3 atom stereocenters. The molecule has 0 spiro atoms. The highest BCUT2D eigenvalue weighted by Crippen LogP contribution is 2.48. The summed E-state index contributed by atoms with van der Waals surface area (Å²) < 4.78 is 15.6. The molecule has 1 saturated heterocycles. The molecular weight excluding hydrogens is 383 g/mol. The fourth-order valence-electron chi connectivity index (χ4n) is 4.53. The summed E-state index contributed by atoms with van der Waals surface area (Å²) in [7, 11) is 0. The van der Waals surface area contributed by atoms with Gasteiger partial charge in [0.25, 0.3) is 0 Å². The van der Waals surface area contributed by atoms with Crippen LogP contribution in [0, 0.1) is 19.7 Å². The summed E-state index contributed by atoms with van der Waals surface area (Å²) >= 11 is 1.85. The van der Waals surface area contributed by atoms with Crippen molar-refractivity contribution in [2.75, 3.05) is 6.54 Å². The molecule has 1 fully saturated rings. The van der Waals surface area contributed by atoms with Crippen LogP contribution < -0.4 is 0 Å². The SMILES string of the molecule is Cc1cc([C@@H]2[C@@H](c3ccccn3)N=C3S[C@@H](C)CN32)c(C)n1-c1ccc(F)cc1. The first kappa shape index (κ1) is 18.4. The van der Waals surface area contributed by atoms with Gasteiger partial charge in [-0.2, -0.15) is 0 Å². The first-order valence-electron chi connectivity index (χ1n) is 9.89. The van der Waals surface area contributed by atoms with Crippen molar-refractivity contribution >= 4 is 16.9 Å². The number of benzene rings is 1. The maximum atomic E-state index is 13.4. The van der Waals surface area contributed by atoms with E-state index in [0.29, 0.717) is 5.25 Å². The van der Waals surface area contributed by atoms with Crippen molar-refractivity contribution in [3.63, 3.8) is 0 Å². The van der Waals surface area contributed by atoms with E-state index in [2.05, 4.69) is 47.4 Å². The second-order valence-electron chi connectivity index (χ2n) is 7.78. The van der Waals surface area contributed by atoms with E-state index in [1.54, 1.807) is 0 Å². The van der Waals surface area contributed by atoms with Crippen LogP contribution in [0.15, 0.2) is 59.7 Å². The Morgan fingerprint density at radius 2 is 1.90 bits per heavy atom. The van der Waals surface area contributed by atoms with Gasteiger partial charge in [0.05, 0.1) is 11.7 Å². The van der Waals surface area contributed by atoms with Crippen molar-refractivity contribution < 1.29 is 4.39 Å². The Hall–Kier alpha value is -2.60. The summed E-state index contributed by atoms with van der Waals surface area (Å²) in [5.41, 5.74) is 5.54. The van der Waals surface area contributed by atoms with E-state index < -0.39 is 0 Å². The number of aliphatic imine (C=N–C) groups is 1. The third-order valence-corrected chi connectivity index (χ3v) is 6.86. The van der Waals surface area contributed by atoms with Gasteiger partial charge < -0.3 is 9.47 Å². The molecule has 0 bridgehead atoms. The quantitative estimate of drug-likeness (QED) is 0.598. The zero-order valence-electron chi connectivity index (χ0n) is 16.7. The van der Waals surface area contributed by atoms with E-state index in [-0.39, 0.29) is 17.9 Å². The highest BCUT2D eigenvalue weighted by molar-refractivity contribution is 8.14. The lowest BCUT2D eigenvalue weighted by atomic mass is 9.96. The first-order chi connectivity index (χ1) is 14.0. The summed E-state index contributed by atoms with van der Waals surface area (Å²) in [6.45, 7) is 7.48. The lowest BCUT2D eigenvalue weighted by Gasteiger charge is -2.27. The zero-order chi connectivity index (χ0) is 20.1. The van der Waals surface area contributed by atoms with Crippen molar-refractivity contribution in [2.24, 2.45) is 4.99 Å². The summed E-state index contributed by atoms with van der Waals surface area (Å²) in [6, 6.07) is 15.1. The van der Waals surface area contributed by atoms with Crippen LogP contribution in [0.1, 0.15) is 41.7 Å². The molecule has 2 aliphatic heterocycles. The number of hydrogen-bond donors (Lipinski definition) is 0. The van der Waals surface area contributed by atoms with Gasteiger partial charge in [0.2, 0.25) is 0 Å². The zero-order valence-corrected chi connectivity index (χ0v) is 17.5. The third-order valence-electron chi connectivity index (χ3n) is 5.76. The van der Waals surface area contributed by atoms with Gasteiger partial charge in [-0.1, -0.05) is 24.8 Å². The van der Waals surface area contributed by atoms with Gasteiger partial charge in [-0.3, -0.25) is 9.98 Å². The number of rotatable bonds is 3. The lowest BCUT2D eigenvalue weighted by molar-refractivity contribution is 0.320. The van der Waals surface area contributed by atoms with Crippen molar-refractivity contribution in [1.82, 2.24) is 14.5 Å². The number of amidine groups is 1. The van der Waals surface area contributed by atoms with E-state index in [0.717, 1.165) is 28.8 Å². The molecule has 0 amide bonds. The molecule has 4 heterocycles. The predicted molar refractivity (Wildman–Crippen MR) is 116 cm³/mol. The maximum absolute atomic E-state index is 13.4. The minimum Gasteiger partial charge on any atom is -0.341 e. The van der Waals surface area contributed by atoms with E-state index >= 15 is 0 Å². The molecule has 0 saturated carbocycles. The van der Waals surface area contributed by atoms with Crippen LogP contribution in [-0.4, -0.2) is 31.4 Å². The molecule has 6 heteroatoms. The van der Waals surface area contributed by atoms with Gasteiger partial charge in [0, 0.05) is 35.1 Å². The summed E-state index contributed by atoms with van der Waals surface area (Å²) in [4.78, 5) is 12.1. The first-order valence-corrected chi connectivity index (χ1v) is 10.8. The van der Waals surface area contributed by atoms with Crippen LogP contribution in [-0.2, 0) is 0 Å². The van der Waals surface area contributed by atoms with Crippen LogP contribution in [0.25, 0.3) is 5.69 Å². The number of halogens is 1. The number of thioether (sulfide) groups is 1. The standard InChI is InChI=1S/C23H23FN4S/c1-14-12-19(16(3)28(14)18-9-7-17(24)8-10-18)22-21(20-6-4-5-11-25-20)26-23-27(22)13-15(2)29-23/h4-12,15,21-22H,13H2,1-3H3/t15-,21+,22+/m0/s1. The Bertz CT molecular complexity index is 1070. The molecule has 0 N–H and O–H groups in total. The van der Waals surface area contributed by atoms with Crippen molar-refractivity contribution in [1.29, 1.82) is 0 Å². The Morgan fingerprint density at radius 1 is 1.10 bits per heavy atom. The number of hydrogen-bond acceptors (Lipinski definition) is 4. The fourth-order valence-corrected chi connectivity index (χ4v) is 5.62. The van der Waals surface area contributed by atoms with Crippen LogP contribution in [0.3, 0.4) is 0 Å². The predicted octanol–water partition coefficient (Wildman–Crippen LogP) is 5.22. The van der Waals surface area contributed by atoms with E-state index in [9.17, 15) is 4.39 Å². The Kier molecular flexibility index (Phi) is 4.46. The second-order valence-corrected chi connectivity index (χ2v) is 9.18. The van der Waals surface area contributed by atoms with Crippen molar-refractivity contribution in [3.8, 4) is 5.69 Å². The van der Waals surface area contributed by atoms with Gasteiger partial charge in [0.1, 0.15) is 11.9 Å². The smallest absolute Gasteiger partial charge is 0.160 e. The Morgan fingerprint density at radius 3 is 2.62 bits per heavy atom. The van der Waals surface area contributed by atoms with E-state index in [1.807, 2.05) is 42.2 Å². The van der Waals surface area contributed by atoms with E-state index in [4.69, 9.17) is 4.99 Å².